The van der Waals surface area contributed by atoms with E-state index in [0.29, 0.717) is 24.4 Å². The van der Waals surface area contributed by atoms with Crippen LogP contribution in [0.3, 0.4) is 0 Å². The topological polar surface area (TPSA) is 106 Å². The number of fused-ring (bicyclic) bond motifs is 1. The van der Waals surface area contributed by atoms with Crippen LogP contribution in [0.5, 0.6) is 11.5 Å². The standard InChI is InChI=1S/C22H27N5O4/c1-14(23-22(29)18-7-11-31-15(18)2)21-25-24-20-6-8-26(9-10-27(20)21)13-16-12-17(30-3)4-5-19(16)28/h4-5,7,11-12,14,28H,6,8-10,13H2,1-3H3,(H,23,29). The number of nitrogens with zero attached hydrogens (tertiary/aromatic N) is 4. The monoisotopic (exact) mass is 425 g/mol. The number of methoxy groups -OCH3 is 1. The zero-order valence-corrected chi connectivity index (χ0v) is 18.0. The van der Waals surface area contributed by atoms with E-state index in [1.807, 2.05) is 13.0 Å². The van der Waals surface area contributed by atoms with E-state index in [1.165, 1.54) is 6.26 Å². The molecule has 1 aliphatic rings. The predicted octanol–water partition coefficient (Wildman–Crippen LogP) is 2.44. The zero-order chi connectivity index (χ0) is 22.0. The molecule has 0 fully saturated rings. The molecule has 0 aliphatic carbocycles. The van der Waals surface area contributed by atoms with Gasteiger partial charge in [-0.15, -0.1) is 10.2 Å². The quantitative estimate of drug-likeness (QED) is 0.625. The Morgan fingerprint density at radius 2 is 2.13 bits per heavy atom. The first-order chi connectivity index (χ1) is 15.0. The third-order valence-corrected chi connectivity index (χ3v) is 5.67. The van der Waals surface area contributed by atoms with E-state index >= 15 is 0 Å². The van der Waals surface area contributed by atoms with Crippen LogP contribution in [0.2, 0.25) is 0 Å². The van der Waals surface area contributed by atoms with Crippen molar-refractivity contribution >= 4 is 5.91 Å². The Labute approximate surface area is 180 Å². The highest BCUT2D eigenvalue weighted by molar-refractivity contribution is 5.95. The highest BCUT2D eigenvalue weighted by Gasteiger charge is 2.24. The van der Waals surface area contributed by atoms with Gasteiger partial charge in [0.25, 0.3) is 5.91 Å². The van der Waals surface area contributed by atoms with E-state index in [2.05, 4.69) is 25.0 Å². The summed E-state index contributed by atoms with van der Waals surface area (Å²) >= 11 is 0. The van der Waals surface area contributed by atoms with Crippen LogP contribution in [0.15, 0.2) is 34.9 Å². The predicted molar refractivity (Wildman–Crippen MR) is 113 cm³/mol. The van der Waals surface area contributed by atoms with Crippen molar-refractivity contribution in [1.29, 1.82) is 0 Å². The molecule has 3 aromatic rings. The smallest absolute Gasteiger partial charge is 0.255 e. The molecule has 0 bridgehead atoms. The van der Waals surface area contributed by atoms with E-state index in [1.54, 1.807) is 32.2 Å². The number of ether oxygens (including phenoxy) is 1. The number of aromatic hydroxyl groups is 1. The summed E-state index contributed by atoms with van der Waals surface area (Å²) in [5.74, 6) is 3.00. The Kier molecular flexibility index (Phi) is 5.94. The summed E-state index contributed by atoms with van der Waals surface area (Å²) in [4.78, 5) is 14.8. The van der Waals surface area contributed by atoms with Gasteiger partial charge in [0.05, 0.1) is 25.0 Å². The lowest BCUT2D eigenvalue weighted by Crippen LogP contribution is -2.30. The second-order valence-corrected chi connectivity index (χ2v) is 7.73. The lowest BCUT2D eigenvalue weighted by molar-refractivity contribution is 0.0936. The Hall–Kier alpha value is -3.33. The fraction of sp³-hybridized carbons (Fsp3) is 0.409. The van der Waals surface area contributed by atoms with Gasteiger partial charge in [-0.1, -0.05) is 0 Å². The first-order valence-electron chi connectivity index (χ1n) is 10.3. The van der Waals surface area contributed by atoms with Crippen molar-refractivity contribution in [2.75, 3.05) is 20.2 Å². The summed E-state index contributed by atoms with van der Waals surface area (Å²) in [6.45, 7) is 6.55. The number of aryl methyl sites for hydroxylation is 1. The van der Waals surface area contributed by atoms with Gasteiger partial charge in [-0.25, -0.2) is 0 Å². The van der Waals surface area contributed by atoms with Crippen molar-refractivity contribution in [2.24, 2.45) is 0 Å². The third kappa shape index (κ3) is 4.41. The summed E-state index contributed by atoms with van der Waals surface area (Å²) in [6.07, 6.45) is 2.24. The average Bonchev–Trinajstić information content (AvgIpc) is 3.32. The fourth-order valence-corrected chi connectivity index (χ4v) is 3.88. The lowest BCUT2D eigenvalue weighted by atomic mass is 10.1. The van der Waals surface area contributed by atoms with E-state index in [-0.39, 0.29) is 17.7 Å². The van der Waals surface area contributed by atoms with E-state index in [4.69, 9.17) is 9.15 Å². The minimum absolute atomic E-state index is 0.195. The Bertz CT molecular complexity index is 1070. The minimum Gasteiger partial charge on any atom is -0.508 e. The van der Waals surface area contributed by atoms with E-state index in [0.717, 1.165) is 42.5 Å². The molecule has 164 valence electrons. The molecule has 3 heterocycles. The summed E-state index contributed by atoms with van der Waals surface area (Å²) in [7, 11) is 1.61. The maximum absolute atomic E-state index is 12.5. The number of phenols is 1. The highest BCUT2D eigenvalue weighted by atomic mass is 16.5. The van der Waals surface area contributed by atoms with Crippen molar-refractivity contribution in [2.45, 2.75) is 39.4 Å². The van der Waals surface area contributed by atoms with Crippen LogP contribution >= 0.6 is 0 Å². The number of carbonyl (C=O) groups excluding carboxylic acids is 1. The van der Waals surface area contributed by atoms with Crippen LogP contribution in [0.1, 0.15) is 46.3 Å². The van der Waals surface area contributed by atoms with Gasteiger partial charge in [-0.05, 0) is 38.1 Å². The van der Waals surface area contributed by atoms with E-state index < -0.39 is 0 Å². The van der Waals surface area contributed by atoms with Crippen molar-refractivity contribution in [3.63, 3.8) is 0 Å². The number of rotatable bonds is 6. The van der Waals surface area contributed by atoms with Gasteiger partial charge < -0.3 is 24.1 Å². The van der Waals surface area contributed by atoms with Crippen LogP contribution in [-0.4, -0.2) is 50.9 Å². The molecule has 1 amide bonds. The third-order valence-electron chi connectivity index (χ3n) is 5.67. The molecule has 9 heteroatoms. The van der Waals surface area contributed by atoms with Gasteiger partial charge in [0.15, 0.2) is 5.82 Å². The van der Waals surface area contributed by atoms with Crippen LogP contribution in [-0.2, 0) is 19.5 Å². The number of benzene rings is 1. The van der Waals surface area contributed by atoms with Crippen molar-refractivity contribution < 1.29 is 19.1 Å². The molecule has 0 radical (unpaired) electrons. The lowest BCUT2D eigenvalue weighted by Gasteiger charge is -2.21. The number of aromatic nitrogens is 3. The first kappa shape index (κ1) is 20.9. The summed E-state index contributed by atoms with van der Waals surface area (Å²) in [5.41, 5.74) is 1.35. The number of hydrogen-bond acceptors (Lipinski definition) is 7. The van der Waals surface area contributed by atoms with Crippen LogP contribution in [0, 0.1) is 6.92 Å². The van der Waals surface area contributed by atoms with Gasteiger partial charge in [-0.2, -0.15) is 0 Å². The molecule has 0 spiro atoms. The zero-order valence-electron chi connectivity index (χ0n) is 18.0. The Balaban J connectivity index is 1.44. The van der Waals surface area contributed by atoms with Gasteiger partial charge >= 0.3 is 0 Å². The van der Waals surface area contributed by atoms with Crippen LogP contribution in [0.4, 0.5) is 0 Å². The molecule has 1 aliphatic heterocycles. The molecule has 2 aromatic heterocycles. The average molecular weight is 425 g/mol. The second-order valence-electron chi connectivity index (χ2n) is 7.73. The Morgan fingerprint density at radius 3 is 2.87 bits per heavy atom. The molecule has 1 unspecified atom stereocenters. The molecule has 31 heavy (non-hydrogen) atoms. The van der Waals surface area contributed by atoms with E-state index in [9.17, 15) is 9.90 Å². The Morgan fingerprint density at radius 1 is 1.29 bits per heavy atom. The number of furan rings is 1. The fourth-order valence-electron chi connectivity index (χ4n) is 3.88. The van der Waals surface area contributed by atoms with Crippen molar-refractivity contribution in [3.8, 4) is 11.5 Å². The van der Waals surface area contributed by atoms with Crippen molar-refractivity contribution in [3.05, 3.63) is 59.1 Å². The first-order valence-corrected chi connectivity index (χ1v) is 10.3. The number of nitrogens with one attached hydrogen (secondary N) is 1. The van der Waals surface area contributed by atoms with Gasteiger partial charge in [0.2, 0.25) is 0 Å². The summed E-state index contributed by atoms with van der Waals surface area (Å²) in [5, 5.41) is 21.9. The molecular weight excluding hydrogens is 398 g/mol. The molecule has 1 aromatic carbocycles. The van der Waals surface area contributed by atoms with Gasteiger partial charge in [0.1, 0.15) is 23.1 Å². The SMILES string of the molecule is COc1ccc(O)c(CN2CCc3nnc(C(C)NC(=O)c4ccoc4C)n3CC2)c1. The highest BCUT2D eigenvalue weighted by Crippen LogP contribution is 2.25. The van der Waals surface area contributed by atoms with Gasteiger partial charge in [0, 0.05) is 38.2 Å². The number of phenolic OH excluding ortho intramolecular Hbond substituents is 1. The molecule has 4 rings (SSSR count). The number of hydrogen-bond donors (Lipinski definition) is 2. The molecule has 9 nitrogen and oxygen atoms in total. The minimum atomic E-state index is -0.294. The number of amides is 1. The molecular formula is C22H27N5O4. The van der Waals surface area contributed by atoms with Gasteiger partial charge in [-0.3, -0.25) is 9.69 Å². The molecule has 0 saturated carbocycles. The van der Waals surface area contributed by atoms with Crippen molar-refractivity contribution in [1.82, 2.24) is 25.0 Å². The maximum Gasteiger partial charge on any atom is 0.255 e. The van der Waals surface area contributed by atoms with Crippen LogP contribution in [0.25, 0.3) is 0 Å². The summed E-state index contributed by atoms with van der Waals surface area (Å²) in [6, 6.07) is 6.63. The largest absolute Gasteiger partial charge is 0.508 e. The summed E-state index contributed by atoms with van der Waals surface area (Å²) < 4.78 is 12.6. The second kappa shape index (κ2) is 8.81. The molecule has 2 N–H and O–H groups in total. The van der Waals surface area contributed by atoms with Crippen LogP contribution < -0.4 is 10.1 Å². The molecule has 0 saturated heterocycles. The normalized spacial score (nSPS) is 15.2. The maximum atomic E-state index is 12.5. The number of carbonyl (C=O) groups is 1. The molecule has 1 atom stereocenters.